The van der Waals surface area contributed by atoms with Crippen molar-refractivity contribution in [3.05, 3.63) is 69.5 Å². The molecule has 1 atom stereocenters. The van der Waals surface area contributed by atoms with Crippen LogP contribution >= 0.6 is 0 Å². The highest BCUT2D eigenvalue weighted by atomic mass is 19.1. The fourth-order valence-electron chi connectivity index (χ4n) is 2.41. The highest BCUT2D eigenvalue weighted by Gasteiger charge is 2.15. The normalized spacial score (nSPS) is 12.8. The van der Waals surface area contributed by atoms with Crippen LogP contribution in [0.15, 0.2) is 45.6 Å². The quantitative estimate of drug-likeness (QED) is 0.787. The van der Waals surface area contributed by atoms with Crippen LogP contribution in [0.5, 0.6) is 0 Å². The second-order valence-electron chi connectivity index (χ2n) is 5.16. The predicted octanol–water partition coefficient (Wildman–Crippen LogP) is 2.63. The minimum absolute atomic E-state index is 0.336. The second kappa shape index (κ2) is 4.86. The first-order valence-corrected chi connectivity index (χ1v) is 6.58. The summed E-state index contributed by atoms with van der Waals surface area (Å²) in [7, 11) is 1.63. The van der Waals surface area contributed by atoms with Gasteiger partial charge in [-0.25, -0.2) is 9.18 Å². The van der Waals surface area contributed by atoms with Crippen molar-refractivity contribution >= 4 is 11.1 Å². The first-order valence-electron chi connectivity index (χ1n) is 6.58. The van der Waals surface area contributed by atoms with Gasteiger partial charge in [0.2, 0.25) is 0 Å². The van der Waals surface area contributed by atoms with Crippen LogP contribution in [-0.2, 0) is 7.05 Å². The van der Waals surface area contributed by atoms with E-state index in [0.717, 1.165) is 5.56 Å². The molecule has 0 aliphatic heterocycles. The van der Waals surface area contributed by atoms with E-state index in [9.17, 15) is 9.18 Å². The zero-order valence-corrected chi connectivity index (χ0v) is 11.8. The Kier molecular flexibility index (Phi) is 3.14. The number of nitrogens with zero attached hydrogens (tertiary/aromatic N) is 1. The molecule has 108 valence electrons. The van der Waals surface area contributed by atoms with Gasteiger partial charge < -0.3 is 10.2 Å². The van der Waals surface area contributed by atoms with Crippen molar-refractivity contribution in [3.63, 3.8) is 0 Å². The Balaban J connectivity index is 2.09. The number of rotatable bonds is 2. The molecule has 1 aromatic heterocycles. The standard InChI is InChI=1S/C16H15FN2O2/c1-9-3-5-11(12(17)7-9)15(18)10-4-6-13-14(8-10)21-16(20)19(13)2/h3-8,15H,18H2,1-2H3. The molecule has 0 amide bonds. The Bertz CT molecular complexity index is 880. The third-order valence-electron chi connectivity index (χ3n) is 3.67. The summed E-state index contributed by atoms with van der Waals surface area (Å²) in [5, 5.41) is 0. The number of oxazole rings is 1. The molecule has 0 spiro atoms. The van der Waals surface area contributed by atoms with Crippen LogP contribution in [0.2, 0.25) is 0 Å². The molecule has 0 bridgehead atoms. The van der Waals surface area contributed by atoms with Gasteiger partial charge >= 0.3 is 5.76 Å². The van der Waals surface area contributed by atoms with E-state index in [4.69, 9.17) is 10.2 Å². The van der Waals surface area contributed by atoms with E-state index in [0.29, 0.717) is 22.2 Å². The van der Waals surface area contributed by atoms with Crippen LogP contribution in [0, 0.1) is 12.7 Å². The molecule has 1 heterocycles. The van der Waals surface area contributed by atoms with Crippen molar-refractivity contribution in [1.82, 2.24) is 4.57 Å². The molecule has 21 heavy (non-hydrogen) atoms. The molecule has 5 heteroatoms. The third-order valence-corrected chi connectivity index (χ3v) is 3.67. The summed E-state index contributed by atoms with van der Waals surface area (Å²) in [6, 6.07) is 9.56. The van der Waals surface area contributed by atoms with Gasteiger partial charge in [0.15, 0.2) is 5.58 Å². The lowest BCUT2D eigenvalue weighted by Gasteiger charge is -2.14. The fraction of sp³-hybridized carbons (Fsp3) is 0.188. The summed E-state index contributed by atoms with van der Waals surface area (Å²) in [5.74, 6) is -0.769. The van der Waals surface area contributed by atoms with Gasteiger partial charge in [-0.2, -0.15) is 0 Å². The molecule has 3 rings (SSSR count). The maximum Gasteiger partial charge on any atom is 0.419 e. The van der Waals surface area contributed by atoms with Gasteiger partial charge in [-0.05, 0) is 36.2 Å². The summed E-state index contributed by atoms with van der Waals surface area (Å²) in [5.41, 5.74) is 9.21. The number of aromatic nitrogens is 1. The van der Waals surface area contributed by atoms with Crippen molar-refractivity contribution in [1.29, 1.82) is 0 Å². The average Bonchev–Trinajstić information content (AvgIpc) is 2.73. The topological polar surface area (TPSA) is 61.2 Å². The summed E-state index contributed by atoms with van der Waals surface area (Å²) >= 11 is 0. The first-order chi connectivity index (χ1) is 9.97. The molecule has 1 unspecified atom stereocenters. The van der Waals surface area contributed by atoms with Crippen molar-refractivity contribution in [2.24, 2.45) is 12.8 Å². The Morgan fingerprint density at radius 3 is 2.71 bits per heavy atom. The Hall–Kier alpha value is -2.40. The molecule has 0 radical (unpaired) electrons. The van der Waals surface area contributed by atoms with Crippen LogP contribution in [0.25, 0.3) is 11.1 Å². The predicted molar refractivity (Wildman–Crippen MR) is 78.6 cm³/mol. The smallest absolute Gasteiger partial charge is 0.408 e. The van der Waals surface area contributed by atoms with Gasteiger partial charge in [-0.15, -0.1) is 0 Å². The molecule has 0 aliphatic carbocycles. The number of benzene rings is 2. The maximum atomic E-state index is 14.0. The number of fused-ring (bicyclic) bond motifs is 1. The van der Waals surface area contributed by atoms with E-state index in [2.05, 4.69) is 0 Å². The van der Waals surface area contributed by atoms with E-state index >= 15 is 0 Å². The van der Waals surface area contributed by atoms with Gasteiger partial charge in [0.05, 0.1) is 11.6 Å². The van der Waals surface area contributed by atoms with Crippen LogP contribution in [-0.4, -0.2) is 4.57 Å². The summed E-state index contributed by atoms with van der Waals surface area (Å²) in [4.78, 5) is 11.5. The molecule has 0 aliphatic rings. The lowest BCUT2D eigenvalue weighted by Crippen LogP contribution is -2.13. The monoisotopic (exact) mass is 286 g/mol. The van der Waals surface area contributed by atoms with Crippen LogP contribution in [0.3, 0.4) is 0 Å². The lowest BCUT2D eigenvalue weighted by atomic mass is 9.98. The number of hydrogen-bond acceptors (Lipinski definition) is 3. The number of halogens is 1. The number of hydrogen-bond donors (Lipinski definition) is 1. The minimum atomic E-state index is -0.611. The zero-order valence-electron chi connectivity index (χ0n) is 11.8. The maximum absolute atomic E-state index is 14.0. The molecular formula is C16H15FN2O2. The van der Waals surface area contributed by atoms with Crippen molar-refractivity contribution in [2.45, 2.75) is 13.0 Å². The Labute approximate surface area is 120 Å². The van der Waals surface area contributed by atoms with Gasteiger partial charge in [-0.1, -0.05) is 18.2 Å². The van der Waals surface area contributed by atoms with E-state index in [1.165, 1.54) is 10.6 Å². The molecule has 0 saturated heterocycles. The first kappa shape index (κ1) is 13.6. The number of nitrogens with two attached hydrogens (primary N) is 1. The fourth-order valence-corrected chi connectivity index (χ4v) is 2.41. The van der Waals surface area contributed by atoms with Gasteiger partial charge in [0.25, 0.3) is 0 Å². The van der Waals surface area contributed by atoms with Crippen LogP contribution < -0.4 is 11.5 Å². The largest absolute Gasteiger partial charge is 0.419 e. The van der Waals surface area contributed by atoms with Gasteiger partial charge in [0, 0.05) is 12.6 Å². The molecular weight excluding hydrogens is 271 g/mol. The van der Waals surface area contributed by atoms with Crippen molar-refractivity contribution in [2.75, 3.05) is 0 Å². The Morgan fingerprint density at radius 1 is 1.24 bits per heavy atom. The lowest BCUT2D eigenvalue weighted by molar-refractivity contribution is 0.527. The van der Waals surface area contributed by atoms with E-state index < -0.39 is 11.8 Å². The summed E-state index contributed by atoms with van der Waals surface area (Å²) in [6.45, 7) is 1.82. The molecule has 0 fully saturated rings. The molecule has 4 nitrogen and oxygen atoms in total. The molecule has 2 aromatic carbocycles. The van der Waals surface area contributed by atoms with E-state index in [-0.39, 0.29) is 5.82 Å². The minimum Gasteiger partial charge on any atom is -0.408 e. The summed E-state index contributed by atoms with van der Waals surface area (Å²) < 4.78 is 20.6. The molecule has 3 aromatic rings. The molecule has 0 saturated carbocycles. The van der Waals surface area contributed by atoms with Gasteiger partial charge in [0.1, 0.15) is 5.82 Å². The number of aryl methyl sites for hydroxylation is 2. The van der Waals surface area contributed by atoms with E-state index in [1.807, 2.05) is 13.0 Å². The highest BCUT2D eigenvalue weighted by Crippen LogP contribution is 2.25. The SMILES string of the molecule is Cc1ccc(C(N)c2ccc3c(c2)oc(=O)n3C)c(F)c1. The molecule has 2 N–H and O–H groups in total. The highest BCUT2D eigenvalue weighted by molar-refractivity contribution is 5.74. The van der Waals surface area contributed by atoms with Crippen molar-refractivity contribution in [3.8, 4) is 0 Å². The summed E-state index contributed by atoms with van der Waals surface area (Å²) in [6.07, 6.45) is 0. The zero-order chi connectivity index (χ0) is 15.1. The van der Waals surface area contributed by atoms with Crippen molar-refractivity contribution < 1.29 is 8.81 Å². The van der Waals surface area contributed by atoms with Crippen LogP contribution in [0.1, 0.15) is 22.7 Å². The second-order valence-corrected chi connectivity index (χ2v) is 5.16. The Morgan fingerprint density at radius 2 is 2.00 bits per heavy atom. The van der Waals surface area contributed by atoms with Crippen LogP contribution in [0.4, 0.5) is 4.39 Å². The van der Waals surface area contributed by atoms with E-state index in [1.54, 1.807) is 31.3 Å². The van der Waals surface area contributed by atoms with Gasteiger partial charge in [-0.3, -0.25) is 4.57 Å². The third kappa shape index (κ3) is 2.25. The average molecular weight is 286 g/mol.